The zero-order chi connectivity index (χ0) is 28.8. The summed E-state index contributed by atoms with van der Waals surface area (Å²) in [7, 11) is 1.53. The third-order valence-electron chi connectivity index (χ3n) is 6.53. The van der Waals surface area contributed by atoms with Crippen LogP contribution >= 0.6 is 0 Å². The van der Waals surface area contributed by atoms with E-state index in [4.69, 9.17) is 5.73 Å². The summed E-state index contributed by atoms with van der Waals surface area (Å²) in [6, 6.07) is 13.7. The van der Waals surface area contributed by atoms with E-state index in [1.807, 2.05) is 0 Å². The fourth-order valence-electron chi connectivity index (χ4n) is 4.63. The quantitative estimate of drug-likeness (QED) is 0.298. The topological polar surface area (TPSA) is 125 Å². The van der Waals surface area contributed by atoms with E-state index < -0.39 is 23.7 Å². The predicted molar refractivity (Wildman–Crippen MR) is 144 cm³/mol. The molecule has 9 nitrogen and oxygen atoms in total. The third-order valence-corrected chi connectivity index (χ3v) is 6.53. The molecular formula is C28H23F3N6O3. The summed E-state index contributed by atoms with van der Waals surface area (Å²) in [5, 5.41) is 12.7. The van der Waals surface area contributed by atoms with Gasteiger partial charge in [-0.25, -0.2) is 9.78 Å². The highest BCUT2D eigenvalue weighted by molar-refractivity contribution is 6.06. The van der Waals surface area contributed by atoms with Gasteiger partial charge in [0.15, 0.2) is 0 Å². The predicted octanol–water partition coefficient (Wildman–Crippen LogP) is 5.60. The van der Waals surface area contributed by atoms with Crippen molar-refractivity contribution in [2.24, 2.45) is 5.73 Å². The molecule has 0 fully saturated rings. The summed E-state index contributed by atoms with van der Waals surface area (Å²) in [6.07, 6.45) is -3.19. The number of fused-ring (bicyclic) bond motifs is 1. The molecule has 0 saturated carbocycles. The third kappa shape index (κ3) is 4.86. The van der Waals surface area contributed by atoms with Crippen LogP contribution in [0.2, 0.25) is 0 Å². The fourth-order valence-corrected chi connectivity index (χ4v) is 4.63. The molecular weight excluding hydrogens is 525 g/mol. The van der Waals surface area contributed by atoms with Gasteiger partial charge in [0.05, 0.1) is 12.1 Å². The molecule has 4 aromatic rings. The van der Waals surface area contributed by atoms with Crippen molar-refractivity contribution in [1.29, 1.82) is 0 Å². The van der Waals surface area contributed by atoms with E-state index in [1.165, 1.54) is 47.2 Å². The minimum Gasteiger partial charge on any atom is -0.508 e. The number of benzene rings is 3. The lowest BCUT2D eigenvalue weighted by molar-refractivity contribution is -0.137. The first kappa shape index (κ1) is 26.5. The van der Waals surface area contributed by atoms with Gasteiger partial charge in [-0.05, 0) is 48.4 Å². The van der Waals surface area contributed by atoms with Gasteiger partial charge in [-0.15, -0.1) is 0 Å². The number of halogens is 3. The fraction of sp³-hybridized carbons (Fsp3) is 0.143. The van der Waals surface area contributed by atoms with Crippen LogP contribution in [0.5, 0.6) is 5.75 Å². The SMILES string of the molecule is Cc1ccc(-c2c(C(N)=O)cccc2C(F)(F)F)cc1N1Cc2cnc(Nc3cccc(O)c3)nc2N(C)C1=O. The van der Waals surface area contributed by atoms with E-state index in [0.717, 1.165) is 12.1 Å². The van der Waals surface area contributed by atoms with Gasteiger partial charge in [0.1, 0.15) is 11.6 Å². The number of hydrogen-bond donors (Lipinski definition) is 3. The maximum absolute atomic E-state index is 13.9. The number of carbonyl (C=O) groups excluding carboxylic acids is 2. The molecule has 0 saturated heterocycles. The average Bonchev–Trinajstić information content (AvgIpc) is 2.90. The number of amides is 3. The summed E-state index contributed by atoms with van der Waals surface area (Å²) in [5.41, 5.74) is 6.00. The Bertz CT molecular complexity index is 1660. The molecule has 1 aliphatic rings. The second kappa shape index (κ2) is 9.88. The van der Waals surface area contributed by atoms with Crippen molar-refractivity contribution >= 4 is 35.1 Å². The number of hydrogen-bond acceptors (Lipinski definition) is 6. The van der Waals surface area contributed by atoms with E-state index in [1.54, 1.807) is 31.3 Å². The number of aromatic nitrogens is 2. The van der Waals surface area contributed by atoms with Crippen LogP contribution in [0.3, 0.4) is 0 Å². The van der Waals surface area contributed by atoms with Gasteiger partial charge in [-0.2, -0.15) is 18.2 Å². The molecule has 3 amide bonds. The average molecular weight is 549 g/mol. The van der Waals surface area contributed by atoms with Crippen LogP contribution in [0.4, 0.5) is 41.1 Å². The maximum atomic E-state index is 13.9. The number of urea groups is 1. The summed E-state index contributed by atoms with van der Waals surface area (Å²) >= 11 is 0. The second-order valence-corrected chi connectivity index (χ2v) is 9.24. The Balaban J connectivity index is 1.54. The number of anilines is 4. The van der Waals surface area contributed by atoms with Crippen LogP contribution in [-0.4, -0.2) is 34.1 Å². The van der Waals surface area contributed by atoms with E-state index in [9.17, 15) is 27.9 Å². The second-order valence-electron chi connectivity index (χ2n) is 9.24. The molecule has 0 aliphatic carbocycles. The molecule has 0 unspecified atom stereocenters. The summed E-state index contributed by atoms with van der Waals surface area (Å²) in [4.78, 5) is 37.1. The lowest BCUT2D eigenvalue weighted by atomic mass is 9.92. The van der Waals surface area contributed by atoms with Gasteiger partial charge in [0.2, 0.25) is 11.9 Å². The molecule has 1 aromatic heterocycles. The summed E-state index contributed by atoms with van der Waals surface area (Å²) in [5.74, 6) is -0.382. The highest BCUT2D eigenvalue weighted by Crippen LogP contribution is 2.41. The number of carbonyl (C=O) groups is 2. The van der Waals surface area contributed by atoms with Crippen LogP contribution in [0.15, 0.2) is 66.9 Å². The number of rotatable bonds is 5. The molecule has 0 radical (unpaired) electrons. The van der Waals surface area contributed by atoms with Crippen molar-refractivity contribution in [2.45, 2.75) is 19.6 Å². The first-order chi connectivity index (χ1) is 18.9. The normalized spacial score (nSPS) is 13.3. The Morgan fingerprint density at radius 3 is 2.55 bits per heavy atom. The van der Waals surface area contributed by atoms with Gasteiger partial charge < -0.3 is 16.2 Å². The van der Waals surface area contributed by atoms with Gasteiger partial charge in [0, 0.05) is 47.4 Å². The number of alkyl halides is 3. The molecule has 204 valence electrons. The number of nitrogens with zero attached hydrogens (tertiary/aromatic N) is 4. The van der Waals surface area contributed by atoms with E-state index in [0.29, 0.717) is 28.3 Å². The Hall–Kier alpha value is -5.13. The Kier molecular flexibility index (Phi) is 6.54. The first-order valence-electron chi connectivity index (χ1n) is 12.0. The molecule has 4 N–H and O–H groups in total. The van der Waals surface area contributed by atoms with Crippen molar-refractivity contribution < 1.29 is 27.9 Å². The zero-order valence-corrected chi connectivity index (χ0v) is 21.3. The van der Waals surface area contributed by atoms with Gasteiger partial charge in [0.25, 0.3) is 0 Å². The van der Waals surface area contributed by atoms with Crippen molar-refractivity contribution in [2.75, 3.05) is 22.2 Å². The molecule has 12 heteroatoms. The first-order valence-corrected chi connectivity index (χ1v) is 12.0. The monoisotopic (exact) mass is 548 g/mol. The molecule has 1 aliphatic heterocycles. The minimum absolute atomic E-state index is 0.0544. The number of phenolic OH excluding ortho intramolecular Hbond substituents is 1. The standard InChI is InChI=1S/C28H23F3N6O3/c1-15-9-10-16(23-20(24(32)39)7-4-8-21(23)28(29,30)31)11-22(15)37-14-17-13-33-26(35-25(17)36(2)27(37)40)34-18-5-3-6-19(38)12-18/h3-13,38H,14H2,1-2H3,(H2,32,39)(H,33,34,35). The molecule has 0 spiro atoms. The van der Waals surface area contributed by atoms with E-state index >= 15 is 0 Å². The van der Waals surface area contributed by atoms with Crippen LogP contribution in [0.25, 0.3) is 11.1 Å². The number of primary amides is 1. The molecule has 0 atom stereocenters. The minimum atomic E-state index is -4.74. The van der Waals surface area contributed by atoms with Crippen LogP contribution in [0.1, 0.15) is 27.0 Å². The van der Waals surface area contributed by atoms with Crippen molar-refractivity contribution in [3.63, 3.8) is 0 Å². The lowest BCUT2D eigenvalue weighted by Gasteiger charge is -2.35. The highest BCUT2D eigenvalue weighted by atomic mass is 19.4. The van der Waals surface area contributed by atoms with Crippen molar-refractivity contribution in [1.82, 2.24) is 9.97 Å². The Morgan fingerprint density at radius 1 is 1.10 bits per heavy atom. The van der Waals surface area contributed by atoms with Crippen molar-refractivity contribution in [3.05, 3.63) is 89.1 Å². The molecule has 40 heavy (non-hydrogen) atoms. The number of aryl methyl sites for hydroxylation is 1. The maximum Gasteiger partial charge on any atom is 0.417 e. The highest BCUT2D eigenvalue weighted by Gasteiger charge is 2.36. The van der Waals surface area contributed by atoms with Gasteiger partial charge >= 0.3 is 12.2 Å². The molecule has 5 rings (SSSR count). The zero-order valence-electron chi connectivity index (χ0n) is 21.3. The molecule has 0 bridgehead atoms. The van der Waals surface area contributed by atoms with Crippen molar-refractivity contribution in [3.8, 4) is 16.9 Å². The van der Waals surface area contributed by atoms with Crippen LogP contribution < -0.4 is 20.9 Å². The number of nitrogens with two attached hydrogens (primary N) is 1. The summed E-state index contributed by atoms with van der Waals surface area (Å²) < 4.78 is 41.8. The molecule has 3 aromatic carbocycles. The number of nitrogens with one attached hydrogen (secondary N) is 1. The number of aromatic hydroxyl groups is 1. The number of phenols is 1. The van der Waals surface area contributed by atoms with E-state index in [-0.39, 0.29) is 34.9 Å². The largest absolute Gasteiger partial charge is 0.508 e. The van der Waals surface area contributed by atoms with Crippen LogP contribution in [-0.2, 0) is 12.7 Å². The van der Waals surface area contributed by atoms with Crippen LogP contribution in [0, 0.1) is 6.92 Å². The van der Waals surface area contributed by atoms with E-state index in [2.05, 4.69) is 15.3 Å². The smallest absolute Gasteiger partial charge is 0.417 e. The van der Waals surface area contributed by atoms with Gasteiger partial charge in [-0.1, -0.05) is 24.3 Å². The lowest BCUT2D eigenvalue weighted by Crippen LogP contribution is -2.46. The van der Waals surface area contributed by atoms with Gasteiger partial charge in [-0.3, -0.25) is 14.6 Å². The Morgan fingerprint density at radius 2 is 1.85 bits per heavy atom. The Labute approximate surface area is 226 Å². The molecule has 2 heterocycles. The summed E-state index contributed by atoms with van der Waals surface area (Å²) in [6.45, 7) is 1.78.